The molecule has 0 aromatic carbocycles. The summed E-state index contributed by atoms with van der Waals surface area (Å²) in [6.07, 6.45) is 6.41. The molecule has 0 bridgehead atoms. The van der Waals surface area contributed by atoms with Gasteiger partial charge in [0.25, 0.3) is 0 Å². The summed E-state index contributed by atoms with van der Waals surface area (Å²) in [5.41, 5.74) is 0.302. The van der Waals surface area contributed by atoms with Crippen molar-refractivity contribution in [2.75, 3.05) is 0 Å². The van der Waals surface area contributed by atoms with Gasteiger partial charge < -0.3 is 10.4 Å². The lowest BCUT2D eigenvalue weighted by atomic mass is 9.78. The van der Waals surface area contributed by atoms with Crippen molar-refractivity contribution < 1.29 is 14.7 Å². The molecule has 0 spiro atoms. The molecule has 0 aromatic heterocycles. The minimum atomic E-state index is -0.813. The Morgan fingerprint density at radius 1 is 1.11 bits per heavy atom. The van der Waals surface area contributed by atoms with E-state index in [0.29, 0.717) is 11.8 Å². The van der Waals surface area contributed by atoms with E-state index in [2.05, 4.69) is 19.2 Å². The van der Waals surface area contributed by atoms with Gasteiger partial charge in [-0.1, -0.05) is 26.7 Å². The topological polar surface area (TPSA) is 66.4 Å². The molecule has 0 heterocycles. The number of carbonyl (C=O) groups is 2. The van der Waals surface area contributed by atoms with Gasteiger partial charge in [0, 0.05) is 6.04 Å². The van der Waals surface area contributed by atoms with Gasteiger partial charge in [0.15, 0.2) is 0 Å². The van der Waals surface area contributed by atoms with Crippen LogP contribution in [0.4, 0.5) is 0 Å². The Bertz CT molecular complexity index is 364. The lowest BCUT2D eigenvalue weighted by molar-refractivity contribution is -0.149. The van der Waals surface area contributed by atoms with Crippen LogP contribution in [0.2, 0.25) is 0 Å². The normalized spacial score (nSPS) is 33.9. The number of amides is 1. The van der Waals surface area contributed by atoms with E-state index in [1.807, 2.05) is 0 Å². The van der Waals surface area contributed by atoms with Gasteiger partial charge in [-0.05, 0) is 37.5 Å². The smallest absolute Gasteiger partial charge is 0.307 e. The van der Waals surface area contributed by atoms with Crippen LogP contribution < -0.4 is 5.32 Å². The molecule has 2 saturated carbocycles. The van der Waals surface area contributed by atoms with E-state index in [9.17, 15) is 14.7 Å². The average molecular weight is 267 g/mol. The van der Waals surface area contributed by atoms with Crippen LogP contribution in [0.15, 0.2) is 0 Å². The third-order valence-electron chi connectivity index (χ3n) is 4.73. The fourth-order valence-electron chi connectivity index (χ4n) is 3.61. The van der Waals surface area contributed by atoms with Gasteiger partial charge in [-0.15, -0.1) is 0 Å². The molecule has 4 heteroatoms. The van der Waals surface area contributed by atoms with Gasteiger partial charge in [0.1, 0.15) is 0 Å². The molecule has 19 heavy (non-hydrogen) atoms. The Balaban J connectivity index is 1.93. The zero-order chi connectivity index (χ0) is 14.0. The van der Waals surface area contributed by atoms with E-state index >= 15 is 0 Å². The standard InChI is InChI=1S/C15H25NO3/c1-15(2)8-7-10(9-15)16-13(17)11-5-3-4-6-12(11)14(18)19/h10-12H,3-9H2,1-2H3,(H,16,17)(H,18,19). The maximum absolute atomic E-state index is 12.3. The van der Waals surface area contributed by atoms with E-state index in [4.69, 9.17) is 0 Å². The fourth-order valence-corrected chi connectivity index (χ4v) is 3.61. The molecule has 2 fully saturated rings. The summed E-state index contributed by atoms with van der Waals surface area (Å²) in [7, 11) is 0. The predicted molar refractivity (Wildman–Crippen MR) is 72.6 cm³/mol. The lowest BCUT2D eigenvalue weighted by Crippen LogP contribution is -2.43. The van der Waals surface area contributed by atoms with Crippen LogP contribution in [0.5, 0.6) is 0 Å². The van der Waals surface area contributed by atoms with E-state index < -0.39 is 11.9 Å². The fraction of sp³-hybridized carbons (Fsp3) is 0.867. The third kappa shape index (κ3) is 3.48. The highest BCUT2D eigenvalue weighted by Gasteiger charge is 2.38. The molecule has 0 saturated heterocycles. The van der Waals surface area contributed by atoms with Crippen LogP contribution in [0.3, 0.4) is 0 Å². The summed E-state index contributed by atoms with van der Waals surface area (Å²) < 4.78 is 0. The van der Waals surface area contributed by atoms with Gasteiger partial charge in [-0.2, -0.15) is 0 Å². The molecule has 0 aromatic rings. The number of rotatable bonds is 3. The average Bonchev–Trinajstić information content (AvgIpc) is 2.68. The second-order valence-corrected chi connectivity index (χ2v) is 6.95. The molecule has 0 aliphatic heterocycles. The first-order valence-corrected chi connectivity index (χ1v) is 7.42. The summed E-state index contributed by atoms with van der Waals surface area (Å²) in [4.78, 5) is 23.5. The van der Waals surface area contributed by atoms with Crippen molar-refractivity contribution in [2.45, 2.75) is 64.8 Å². The van der Waals surface area contributed by atoms with Gasteiger partial charge in [-0.25, -0.2) is 0 Å². The van der Waals surface area contributed by atoms with Crippen LogP contribution >= 0.6 is 0 Å². The molecule has 4 nitrogen and oxygen atoms in total. The highest BCUT2D eigenvalue weighted by atomic mass is 16.4. The summed E-state index contributed by atoms with van der Waals surface area (Å²) in [6, 6.07) is 0.235. The minimum absolute atomic E-state index is 0.0326. The first kappa shape index (κ1) is 14.4. The molecule has 1 amide bonds. The molecule has 2 N–H and O–H groups in total. The Kier molecular flexibility index (Phi) is 4.16. The molecule has 3 atom stereocenters. The van der Waals surface area contributed by atoms with Crippen LogP contribution in [-0.2, 0) is 9.59 Å². The number of nitrogens with one attached hydrogen (secondary N) is 1. The molecule has 2 rings (SSSR count). The maximum Gasteiger partial charge on any atom is 0.307 e. The second-order valence-electron chi connectivity index (χ2n) is 6.95. The third-order valence-corrected chi connectivity index (χ3v) is 4.73. The maximum atomic E-state index is 12.3. The lowest BCUT2D eigenvalue weighted by Gasteiger charge is -2.29. The van der Waals surface area contributed by atoms with Crippen molar-refractivity contribution in [3.05, 3.63) is 0 Å². The molecule has 0 radical (unpaired) electrons. The van der Waals surface area contributed by atoms with Crippen LogP contribution in [-0.4, -0.2) is 23.0 Å². The predicted octanol–water partition coefficient (Wildman–Crippen LogP) is 2.57. The summed E-state index contributed by atoms with van der Waals surface area (Å²) in [6.45, 7) is 4.44. The van der Waals surface area contributed by atoms with Gasteiger partial charge in [0.2, 0.25) is 5.91 Å². The van der Waals surface area contributed by atoms with E-state index in [1.165, 1.54) is 0 Å². The number of aliphatic carboxylic acids is 1. The monoisotopic (exact) mass is 267 g/mol. The van der Waals surface area contributed by atoms with E-state index in [0.717, 1.165) is 38.5 Å². The minimum Gasteiger partial charge on any atom is -0.481 e. The Labute approximate surface area is 115 Å². The number of hydrogen-bond donors (Lipinski definition) is 2. The highest BCUT2D eigenvalue weighted by Crippen LogP contribution is 2.37. The van der Waals surface area contributed by atoms with Crippen molar-refractivity contribution in [3.63, 3.8) is 0 Å². The highest BCUT2D eigenvalue weighted by molar-refractivity contribution is 5.85. The van der Waals surface area contributed by atoms with Gasteiger partial charge in [-0.3, -0.25) is 9.59 Å². The number of carbonyl (C=O) groups excluding carboxylic acids is 1. The van der Waals surface area contributed by atoms with Crippen molar-refractivity contribution >= 4 is 11.9 Å². The zero-order valence-electron chi connectivity index (χ0n) is 11.9. The summed E-state index contributed by atoms with van der Waals surface area (Å²) in [5.74, 6) is -1.65. The van der Waals surface area contributed by atoms with E-state index in [-0.39, 0.29) is 17.9 Å². The van der Waals surface area contributed by atoms with Crippen molar-refractivity contribution in [1.82, 2.24) is 5.32 Å². The number of hydrogen-bond acceptors (Lipinski definition) is 2. The Morgan fingerprint density at radius 3 is 2.26 bits per heavy atom. The largest absolute Gasteiger partial charge is 0.481 e. The first-order valence-electron chi connectivity index (χ1n) is 7.42. The summed E-state index contributed by atoms with van der Waals surface area (Å²) >= 11 is 0. The zero-order valence-corrected chi connectivity index (χ0v) is 11.9. The van der Waals surface area contributed by atoms with Crippen molar-refractivity contribution in [1.29, 1.82) is 0 Å². The van der Waals surface area contributed by atoms with Crippen molar-refractivity contribution in [2.24, 2.45) is 17.3 Å². The van der Waals surface area contributed by atoms with E-state index in [1.54, 1.807) is 0 Å². The van der Waals surface area contributed by atoms with Crippen LogP contribution in [0, 0.1) is 17.3 Å². The SMILES string of the molecule is CC1(C)CCC(NC(=O)C2CCCCC2C(=O)O)C1. The molecule has 2 aliphatic carbocycles. The quantitative estimate of drug-likeness (QED) is 0.826. The molecular formula is C15H25NO3. The molecule has 2 aliphatic rings. The van der Waals surface area contributed by atoms with Gasteiger partial charge >= 0.3 is 5.97 Å². The van der Waals surface area contributed by atoms with Crippen LogP contribution in [0.25, 0.3) is 0 Å². The second kappa shape index (κ2) is 5.51. The number of carboxylic acid groups (broad SMARTS) is 1. The molecule has 3 unspecified atom stereocenters. The molecule has 108 valence electrons. The summed E-state index contributed by atoms with van der Waals surface area (Å²) in [5, 5.41) is 12.3. The van der Waals surface area contributed by atoms with Crippen molar-refractivity contribution in [3.8, 4) is 0 Å². The molecular weight excluding hydrogens is 242 g/mol. The Hall–Kier alpha value is -1.06. The van der Waals surface area contributed by atoms with Gasteiger partial charge in [0.05, 0.1) is 11.8 Å². The number of carboxylic acids is 1. The van der Waals surface area contributed by atoms with Crippen LogP contribution in [0.1, 0.15) is 58.8 Å². The Morgan fingerprint density at radius 2 is 1.74 bits per heavy atom. The first-order chi connectivity index (χ1) is 8.89.